The molecule has 2 aliphatic carbocycles. The number of pyridine rings is 1. The molecular formula is C16H21ClN2O. The van der Waals surface area contributed by atoms with Crippen LogP contribution in [0.5, 0.6) is 0 Å². The maximum absolute atomic E-state index is 12.8. The Labute approximate surface area is 125 Å². The lowest BCUT2D eigenvalue weighted by Crippen LogP contribution is -2.35. The van der Waals surface area contributed by atoms with Gasteiger partial charge in [0.2, 0.25) is 0 Å². The molecule has 0 aliphatic heterocycles. The van der Waals surface area contributed by atoms with Gasteiger partial charge in [0.25, 0.3) is 5.91 Å². The summed E-state index contributed by atoms with van der Waals surface area (Å²) in [6.45, 7) is 5.05. The van der Waals surface area contributed by atoms with E-state index in [1.54, 1.807) is 6.07 Å². The average molecular weight is 293 g/mol. The van der Waals surface area contributed by atoms with Crippen LogP contribution in [0.3, 0.4) is 0 Å². The van der Waals surface area contributed by atoms with Crippen LogP contribution in [0.4, 0.5) is 0 Å². The van der Waals surface area contributed by atoms with Gasteiger partial charge in [-0.15, -0.1) is 0 Å². The van der Waals surface area contributed by atoms with Gasteiger partial charge in [0.1, 0.15) is 5.15 Å². The van der Waals surface area contributed by atoms with Crippen LogP contribution in [0.25, 0.3) is 0 Å². The number of nitrogens with zero attached hydrogens (tertiary/aromatic N) is 2. The topological polar surface area (TPSA) is 33.2 Å². The van der Waals surface area contributed by atoms with Crippen molar-refractivity contribution >= 4 is 17.5 Å². The van der Waals surface area contributed by atoms with Gasteiger partial charge >= 0.3 is 0 Å². The summed E-state index contributed by atoms with van der Waals surface area (Å²) in [4.78, 5) is 19.1. The summed E-state index contributed by atoms with van der Waals surface area (Å²) in [5, 5.41) is 0.418. The van der Waals surface area contributed by atoms with Gasteiger partial charge in [-0.1, -0.05) is 25.4 Å². The lowest BCUT2D eigenvalue weighted by molar-refractivity contribution is 0.0734. The molecule has 1 heterocycles. The maximum Gasteiger partial charge on any atom is 0.254 e. The molecule has 0 radical (unpaired) electrons. The third kappa shape index (κ3) is 3.14. The number of halogens is 1. The molecule has 1 amide bonds. The first-order valence-electron chi connectivity index (χ1n) is 7.53. The van der Waals surface area contributed by atoms with E-state index in [1.807, 2.05) is 6.07 Å². The summed E-state index contributed by atoms with van der Waals surface area (Å²) in [6.07, 6.45) is 4.83. The Balaban J connectivity index is 1.83. The first-order chi connectivity index (χ1) is 9.54. The lowest BCUT2D eigenvalue weighted by atomic mass is 10.1. The zero-order chi connectivity index (χ0) is 14.3. The van der Waals surface area contributed by atoms with E-state index in [0.717, 1.165) is 31.0 Å². The molecule has 108 valence electrons. The zero-order valence-electron chi connectivity index (χ0n) is 12.1. The zero-order valence-corrected chi connectivity index (χ0v) is 12.9. The SMILES string of the molecule is CC(C)c1cc(C(=O)N(CC2CC2)C2CC2)cc(Cl)n1. The van der Waals surface area contributed by atoms with Gasteiger partial charge in [0, 0.05) is 23.8 Å². The third-order valence-corrected chi connectivity index (χ3v) is 4.25. The predicted molar refractivity (Wildman–Crippen MR) is 80.1 cm³/mol. The summed E-state index contributed by atoms with van der Waals surface area (Å²) in [5.74, 6) is 1.13. The fraction of sp³-hybridized carbons (Fsp3) is 0.625. The van der Waals surface area contributed by atoms with Crippen molar-refractivity contribution in [3.05, 3.63) is 28.5 Å². The monoisotopic (exact) mass is 292 g/mol. The van der Waals surface area contributed by atoms with Crippen LogP contribution in [-0.2, 0) is 0 Å². The Kier molecular flexibility index (Phi) is 3.72. The molecule has 3 rings (SSSR count). The third-order valence-electron chi connectivity index (χ3n) is 4.05. The number of hydrogen-bond acceptors (Lipinski definition) is 2. The van der Waals surface area contributed by atoms with Gasteiger partial charge in [-0.25, -0.2) is 4.98 Å². The van der Waals surface area contributed by atoms with E-state index < -0.39 is 0 Å². The summed E-state index contributed by atoms with van der Waals surface area (Å²) >= 11 is 6.07. The normalized spacial score (nSPS) is 18.4. The highest BCUT2D eigenvalue weighted by molar-refractivity contribution is 6.29. The molecule has 2 aliphatic rings. The minimum absolute atomic E-state index is 0.130. The standard InChI is InChI=1S/C16H21ClN2O/c1-10(2)14-7-12(8-15(17)18-14)16(20)19(13-5-6-13)9-11-3-4-11/h7-8,10-11,13H,3-6,9H2,1-2H3. The fourth-order valence-electron chi connectivity index (χ4n) is 2.46. The van der Waals surface area contributed by atoms with Gasteiger partial charge in [-0.2, -0.15) is 0 Å². The largest absolute Gasteiger partial charge is 0.335 e. The molecule has 3 nitrogen and oxygen atoms in total. The molecule has 20 heavy (non-hydrogen) atoms. The average Bonchev–Trinajstić information content (AvgIpc) is 3.26. The second kappa shape index (κ2) is 5.36. The molecule has 2 saturated carbocycles. The van der Waals surface area contributed by atoms with Crippen molar-refractivity contribution < 1.29 is 4.79 Å². The molecule has 0 aromatic carbocycles. The number of hydrogen-bond donors (Lipinski definition) is 0. The molecular weight excluding hydrogens is 272 g/mol. The number of amides is 1. The lowest BCUT2D eigenvalue weighted by Gasteiger charge is -2.23. The van der Waals surface area contributed by atoms with E-state index in [9.17, 15) is 4.79 Å². The summed E-state index contributed by atoms with van der Waals surface area (Å²) < 4.78 is 0. The Hall–Kier alpha value is -1.09. The van der Waals surface area contributed by atoms with Gasteiger partial charge in [-0.3, -0.25) is 4.79 Å². The molecule has 1 aromatic heterocycles. The summed E-state index contributed by atoms with van der Waals surface area (Å²) in [5.41, 5.74) is 1.59. The second-order valence-electron chi connectivity index (χ2n) is 6.39. The summed E-state index contributed by atoms with van der Waals surface area (Å²) in [7, 11) is 0. The van der Waals surface area contributed by atoms with Crippen molar-refractivity contribution in [2.45, 2.75) is 51.5 Å². The quantitative estimate of drug-likeness (QED) is 0.772. The van der Waals surface area contributed by atoms with Crippen molar-refractivity contribution in [2.24, 2.45) is 5.92 Å². The van der Waals surface area contributed by atoms with Crippen LogP contribution < -0.4 is 0 Å². The van der Waals surface area contributed by atoms with Gasteiger partial charge in [0.15, 0.2) is 0 Å². The Morgan fingerprint density at radius 2 is 2.05 bits per heavy atom. The Morgan fingerprint density at radius 3 is 2.60 bits per heavy atom. The second-order valence-corrected chi connectivity index (χ2v) is 6.78. The fourth-order valence-corrected chi connectivity index (χ4v) is 2.68. The molecule has 4 heteroatoms. The molecule has 0 spiro atoms. The van der Waals surface area contributed by atoms with E-state index >= 15 is 0 Å². The Bertz CT molecular complexity index is 521. The van der Waals surface area contributed by atoms with Crippen molar-refractivity contribution in [3.8, 4) is 0 Å². The summed E-state index contributed by atoms with van der Waals surface area (Å²) in [6, 6.07) is 4.07. The van der Waals surface area contributed by atoms with Gasteiger partial charge in [-0.05, 0) is 49.7 Å². The minimum Gasteiger partial charge on any atom is -0.335 e. The van der Waals surface area contributed by atoms with Crippen molar-refractivity contribution in [1.82, 2.24) is 9.88 Å². The van der Waals surface area contributed by atoms with Crippen LogP contribution >= 0.6 is 11.6 Å². The van der Waals surface area contributed by atoms with Crippen LogP contribution in [0, 0.1) is 5.92 Å². The van der Waals surface area contributed by atoms with Gasteiger partial charge in [0.05, 0.1) is 0 Å². The molecule has 0 saturated heterocycles. The molecule has 0 N–H and O–H groups in total. The van der Waals surface area contributed by atoms with Crippen LogP contribution in [0.1, 0.15) is 61.5 Å². The Morgan fingerprint density at radius 1 is 1.35 bits per heavy atom. The van der Waals surface area contributed by atoms with E-state index in [2.05, 4.69) is 23.7 Å². The first kappa shape index (κ1) is 13.9. The van der Waals surface area contributed by atoms with Crippen LogP contribution in [0.15, 0.2) is 12.1 Å². The van der Waals surface area contributed by atoms with Gasteiger partial charge < -0.3 is 4.90 Å². The number of rotatable bonds is 5. The highest BCUT2D eigenvalue weighted by atomic mass is 35.5. The molecule has 0 atom stereocenters. The van der Waals surface area contributed by atoms with E-state index in [-0.39, 0.29) is 11.8 Å². The highest BCUT2D eigenvalue weighted by Crippen LogP contribution is 2.35. The molecule has 0 unspecified atom stereocenters. The van der Waals surface area contributed by atoms with E-state index in [4.69, 9.17) is 11.6 Å². The number of carbonyl (C=O) groups is 1. The molecule has 1 aromatic rings. The van der Waals surface area contributed by atoms with Crippen LogP contribution in [0.2, 0.25) is 5.15 Å². The number of carbonyl (C=O) groups excluding carboxylic acids is 1. The smallest absolute Gasteiger partial charge is 0.254 e. The van der Waals surface area contributed by atoms with E-state index in [0.29, 0.717) is 16.8 Å². The predicted octanol–water partition coefficient (Wildman–Crippen LogP) is 3.87. The van der Waals surface area contributed by atoms with Crippen molar-refractivity contribution in [1.29, 1.82) is 0 Å². The van der Waals surface area contributed by atoms with Crippen LogP contribution in [-0.4, -0.2) is 28.4 Å². The minimum atomic E-state index is 0.130. The van der Waals surface area contributed by atoms with E-state index in [1.165, 1.54) is 12.8 Å². The highest BCUT2D eigenvalue weighted by Gasteiger charge is 2.37. The molecule has 2 fully saturated rings. The van der Waals surface area contributed by atoms with Crippen molar-refractivity contribution in [3.63, 3.8) is 0 Å². The maximum atomic E-state index is 12.8. The first-order valence-corrected chi connectivity index (χ1v) is 7.91. The van der Waals surface area contributed by atoms with Crippen molar-refractivity contribution in [2.75, 3.05) is 6.54 Å². The molecule has 0 bridgehead atoms. The number of aromatic nitrogens is 1.